The molecule has 0 bridgehead atoms. The highest BCUT2D eigenvalue weighted by molar-refractivity contribution is 6.59. The highest BCUT2D eigenvalue weighted by atomic mass is 28.3. The van der Waals surface area contributed by atoms with E-state index in [2.05, 4.69) is 50.4 Å². The Balaban J connectivity index is 0.000000585. The van der Waals surface area contributed by atoms with Gasteiger partial charge in [-0.05, 0) is 22.7 Å². The molecule has 23 heavy (non-hydrogen) atoms. The molecule has 0 heterocycles. The summed E-state index contributed by atoms with van der Waals surface area (Å²) >= 11 is 0. The number of esters is 1. The normalized spacial score (nSPS) is 10.3. The van der Waals surface area contributed by atoms with Crippen LogP contribution in [0.5, 0.6) is 0 Å². The van der Waals surface area contributed by atoms with E-state index in [9.17, 15) is 4.79 Å². The molecule has 0 atom stereocenters. The van der Waals surface area contributed by atoms with Crippen LogP contribution in [0, 0.1) is 11.8 Å². The third-order valence-corrected chi connectivity index (χ3v) is 6.47. The van der Waals surface area contributed by atoms with Gasteiger partial charge in [-0.3, -0.25) is 4.79 Å². The van der Waals surface area contributed by atoms with Crippen LogP contribution in [0.25, 0.3) is 0 Å². The lowest BCUT2D eigenvalue weighted by atomic mass is 10.1. The van der Waals surface area contributed by atoms with Crippen molar-refractivity contribution >= 4 is 14.8 Å². The predicted octanol–water partition coefficient (Wildman–Crippen LogP) is 3.68. The fourth-order valence-electron chi connectivity index (χ4n) is 1.22. The Morgan fingerprint density at radius 2 is 1.91 bits per heavy atom. The summed E-state index contributed by atoms with van der Waals surface area (Å²) in [5, 5.41) is 9.19. The summed E-state index contributed by atoms with van der Waals surface area (Å²) in [6.07, 6.45) is 0.716. The van der Waals surface area contributed by atoms with Gasteiger partial charge in [0.05, 0.1) is 20.1 Å². The van der Waals surface area contributed by atoms with E-state index >= 15 is 0 Å². The van der Waals surface area contributed by atoms with Gasteiger partial charge in [0.15, 0.2) is 0 Å². The molecule has 0 unspecified atom stereocenters. The third kappa shape index (κ3) is 10.7. The average Bonchev–Trinajstić information content (AvgIpc) is 2.47. The van der Waals surface area contributed by atoms with Crippen molar-refractivity contribution in [1.82, 2.24) is 0 Å². The highest BCUT2D eigenvalue weighted by Gasteiger charge is 2.15. The molecule has 3 nitrogen and oxygen atoms in total. The number of benzene rings is 1. The van der Waals surface area contributed by atoms with E-state index < -0.39 is 0 Å². The maximum atomic E-state index is 11.1. The van der Waals surface area contributed by atoms with Crippen LogP contribution in [0.3, 0.4) is 0 Å². The van der Waals surface area contributed by atoms with Crippen LogP contribution < -0.4 is 0 Å². The van der Waals surface area contributed by atoms with Crippen molar-refractivity contribution in [2.45, 2.75) is 51.7 Å². The lowest BCUT2D eigenvalue weighted by Crippen LogP contribution is -2.16. The van der Waals surface area contributed by atoms with E-state index in [0.717, 1.165) is 11.1 Å². The number of hydrogen-bond acceptors (Lipinski definition) is 3. The quantitative estimate of drug-likeness (QED) is 0.521. The molecule has 127 valence electrons. The van der Waals surface area contributed by atoms with Gasteiger partial charge >= 0.3 is 5.97 Å². The van der Waals surface area contributed by atoms with Gasteiger partial charge in [0.2, 0.25) is 0 Å². The van der Waals surface area contributed by atoms with E-state index in [4.69, 9.17) is 5.11 Å². The number of rotatable bonds is 3. The molecular formula is C19H29O3Si. The van der Waals surface area contributed by atoms with E-state index in [-0.39, 0.29) is 27.8 Å². The van der Waals surface area contributed by atoms with E-state index in [0.29, 0.717) is 11.5 Å². The van der Waals surface area contributed by atoms with Gasteiger partial charge in [0, 0.05) is 20.8 Å². The van der Waals surface area contributed by atoms with Crippen molar-refractivity contribution < 1.29 is 14.6 Å². The lowest BCUT2D eigenvalue weighted by molar-refractivity contribution is -0.139. The molecule has 0 saturated heterocycles. The molecule has 0 aromatic heterocycles. The molecule has 1 aromatic carbocycles. The molecule has 0 fully saturated rings. The van der Waals surface area contributed by atoms with Gasteiger partial charge in [0.25, 0.3) is 0 Å². The van der Waals surface area contributed by atoms with Crippen LogP contribution in [0.2, 0.25) is 18.1 Å². The van der Waals surface area contributed by atoms with Crippen LogP contribution in [0.1, 0.15) is 38.3 Å². The average molecular weight is 334 g/mol. The first-order chi connectivity index (χ1) is 10.7. The second kappa shape index (κ2) is 11.0. The Bertz CT molecular complexity index is 534. The van der Waals surface area contributed by atoms with Gasteiger partial charge in [-0.15, -0.1) is 0 Å². The molecule has 4 heteroatoms. The summed E-state index contributed by atoms with van der Waals surface area (Å²) in [6, 6.07) is 7.42. The molecule has 1 aromatic rings. The van der Waals surface area contributed by atoms with Gasteiger partial charge in [0.1, 0.15) is 0 Å². The van der Waals surface area contributed by atoms with Crippen LogP contribution in [0.4, 0.5) is 0 Å². The summed E-state index contributed by atoms with van der Waals surface area (Å²) in [4.78, 5) is 11.1. The molecule has 0 aliphatic rings. The van der Waals surface area contributed by atoms with Gasteiger partial charge in [-0.25, -0.2) is 0 Å². The topological polar surface area (TPSA) is 46.5 Å². The first-order valence-electron chi connectivity index (χ1n) is 7.76. The number of aliphatic hydroxyl groups is 1. The molecule has 1 N–H and O–H groups in total. The van der Waals surface area contributed by atoms with Crippen LogP contribution >= 0.6 is 0 Å². The molecule has 0 spiro atoms. The minimum atomic E-state index is -0.263. The van der Waals surface area contributed by atoms with E-state index in [1.54, 1.807) is 0 Å². The summed E-state index contributed by atoms with van der Waals surface area (Å²) in [5.41, 5.74) is 1.72. The zero-order valence-electron chi connectivity index (χ0n) is 15.2. The zero-order valence-corrected chi connectivity index (χ0v) is 16.2. The van der Waals surface area contributed by atoms with Crippen molar-refractivity contribution in [1.29, 1.82) is 0 Å². The Morgan fingerprint density at radius 3 is 2.39 bits per heavy atom. The number of aliphatic hydroxyl groups excluding tert-OH is 1. The van der Waals surface area contributed by atoms with Crippen LogP contribution in [0.15, 0.2) is 24.3 Å². The summed E-state index contributed by atoms with van der Waals surface area (Å²) < 4.78 is 4.58. The number of ether oxygens (including phenoxy) is 1. The number of carbonyl (C=O) groups excluding carboxylic acids is 1. The minimum Gasteiger partial charge on any atom is -0.469 e. The van der Waals surface area contributed by atoms with Gasteiger partial charge in [-0.1, -0.05) is 57.8 Å². The predicted molar refractivity (Wildman–Crippen MR) is 97.9 cm³/mol. The second-order valence-electron chi connectivity index (χ2n) is 6.48. The van der Waals surface area contributed by atoms with Crippen LogP contribution in [-0.4, -0.2) is 33.6 Å². The fraction of sp³-hybridized carbons (Fsp3) is 0.526. The molecule has 0 aliphatic heterocycles. The maximum Gasteiger partial charge on any atom is 0.309 e. The smallest absolute Gasteiger partial charge is 0.309 e. The Labute approximate surface area is 142 Å². The van der Waals surface area contributed by atoms with Crippen molar-refractivity contribution in [3.8, 4) is 11.8 Å². The van der Waals surface area contributed by atoms with Crippen molar-refractivity contribution in [3.05, 3.63) is 35.4 Å². The van der Waals surface area contributed by atoms with Crippen molar-refractivity contribution in [2.24, 2.45) is 0 Å². The van der Waals surface area contributed by atoms with E-state index in [1.165, 1.54) is 7.11 Å². The van der Waals surface area contributed by atoms with Gasteiger partial charge < -0.3 is 9.84 Å². The lowest BCUT2D eigenvalue weighted by Gasteiger charge is -2.20. The maximum absolute atomic E-state index is 11.1. The first-order valence-corrected chi connectivity index (χ1v) is 10.3. The minimum absolute atomic E-state index is 0.0502. The molecule has 0 amide bonds. The number of hydrogen-bond donors (Lipinski definition) is 1. The monoisotopic (exact) mass is 333 g/mol. The molecule has 0 saturated carbocycles. The first kappa shape index (κ1) is 21.4. The summed E-state index contributed by atoms with van der Waals surface area (Å²) in [6.45, 7) is 11.7. The number of carbonyl (C=O) groups is 1. The summed E-state index contributed by atoms with van der Waals surface area (Å²) in [7, 11) is 1.32. The van der Waals surface area contributed by atoms with E-state index in [1.807, 2.05) is 24.3 Å². The molecule has 0 aliphatic carbocycles. The summed E-state index contributed by atoms with van der Waals surface area (Å²) in [5.74, 6) is 5.48. The molecule has 1 radical (unpaired) electrons. The number of methoxy groups -OCH3 is 1. The Morgan fingerprint density at radius 1 is 1.30 bits per heavy atom. The fourth-order valence-corrected chi connectivity index (χ4v) is 1.22. The highest BCUT2D eigenvalue weighted by Crippen LogP contribution is 2.25. The largest absolute Gasteiger partial charge is 0.469 e. The van der Waals surface area contributed by atoms with Crippen LogP contribution in [-0.2, 0) is 16.0 Å². The van der Waals surface area contributed by atoms with Crippen molar-refractivity contribution in [3.63, 3.8) is 0 Å². The Kier molecular flexibility index (Phi) is 10.3. The second-order valence-corrected chi connectivity index (χ2v) is 9.98. The molecular weight excluding hydrogens is 304 g/mol. The standard InChI is InChI=1S/C13H14O3.C6H15Si/c1-16-13(15)10-12-7-4-6-11(9-12)5-2-3-8-14;1-6(2,3)7(4)5/h4,6-7,9,14H,3,8,10H2,1H3;1-5H3. The SMILES string of the molecule is COC(=O)Cc1cccc(C#CCCO)c1.C[Si](C)C(C)(C)C. The van der Waals surface area contributed by atoms with Gasteiger partial charge in [-0.2, -0.15) is 0 Å². The zero-order chi connectivity index (χ0) is 17.9. The Hall–Kier alpha value is -1.57. The molecule has 1 rings (SSSR count). The van der Waals surface area contributed by atoms with Crippen molar-refractivity contribution in [2.75, 3.05) is 13.7 Å². The third-order valence-electron chi connectivity index (χ3n) is 3.47.